The SMILES string of the molecule is O=[N+]([O-])c1cnc(Cl)c(O)c1. The summed E-state index contributed by atoms with van der Waals surface area (Å²) in [6, 6.07) is 0.940. The van der Waals surface area contributed by atoms with Crippen LogP contribution in [0.4, 0.5) is 5.69 Å². The minimum Gasteiger partial charge on any atom is -0.505 e. The summed E-state index contributed by atoms with van der Waals surface area (Å²) in [7, 11) is 0. The van der Waals surface area contributed by atoms with Crippen molar-refractivity contribution in [2.45, 2.75) is 0 Å². The molecule has 1 aromatic heterocycles. The number of rotatable bonds is 1. The number of halogens is 1. The fourth-order valence-corrected chi connectivity index (χ4v) is 0.629. The van der Waals surface area contributed by atoms with Gasteiger partial charge in [-0.3, -0.25) is 10.1 Å². The fourth-order valence-electron chi connectivity index (χ4n) is 0.526. The molecular formula is C5H3ClN2O3. The molecule has 11 heavy (non-hydrogen) atoms. The van der Waals surface area contributed by atoms with Gasteiger partial charge in [0.1, 0.15) is 6.20 Å². The highest BCUT2D eigenvalue weighted by atomic mass is 35.5. The molecule has 1 rings (SSSR count). The van der Waals surface area contributed by atoms with E-state index in [4.69, 9.17) is 16.7 Å². The largest absolute Gasteiger partial charge is 0.505 e. The van der Waals surface area contributed by atoms with Crippen molar-refractivity contribution in [1.29, 1.82) is 0 Å². The summed E-state index contributed by atoms with van der Waals surface area (Å²) in [4.78, 5) is 12.8. The van der Waals surface area contributed by atoms with Crippen molar-refractivity contribution in [1.82, 2.24) is 4.98 Å². The number of aromatic hydroxyl groups is 1. The topological polar surface area (TPSA) is 76.3 Å². The van der Waals surface area contributed by atoms with E-state index < -0.39 is 4.92 Å². The van der Waals surface area contributed by atoms with Gasteiger partial charge in [-0.2, -0.15) is 0 Å². The molecule has 0 saturated carbocycles. The minimum absolute atomic E-state index is 0.143. The van der Waals surface area contributed by atoms with E-state index in [1.165, 1.54) is 0 Å². The molecule has 0 atom stereocenters. The summed E-state index contributed by atoms with van der Waals surface area (Å²) in [5, 5.41) is 18.8. The molecule has 0 aromatic carbocycles. The summed E-state index contributed by atoms with van der Waals surface area (Å²) >= 11 is 5.30. The molecule has 0 aliphatic rings. The lowest BCUT2D eigenvalue weighted by atomic mass is 10.4. The highest BCUT2D eigenvalue weighted by Gasteiger charge is 2.08. The normalized spacial score (nSPS) is 9.55. The van der Waals surface area contributed by atoms with Crippen LogP contribution in [0, 0.1) is 10.1 Å². The molecule has 0 bridgehead atoms. The van der Waals surface area contributed by atoms with Gasteiger partial charge in [-0.1, -0.05) is 11.6 Å². The van der Waals surface area contributed by atoms with Gasteiger partial charge in [-0.05, 0) is 0 Å². The maximum atomic E-state index is 10.1. The molecule has 0 radical (unpaired) electrons. The number of aromatic nitrogens is 1. The Morgan fingerprint density at radius 1 is 1.73 bits per heavy atom. The Kier molecular flexibility index (Phi) is 1.91. The molecule has 0 aliphatic heterocycles. The maximum absolute atomic E-state index is 10.1. The second-order valence-corrected chi connectivity index (χ2v) is 2.12. The summed E-state index contributed by atoms with van der Waals surface area (Å²) in [6.45, 7) is 0. The van der Waals surface area contributed by atoms with Gasteiger partial charge in [0, 0.05) is 0 Å². The summed E-state index contributed by atoms with van der Waals surface area (Å²) in [5.41, 5.74) is -0.285. The van der Waals surface area contributed by atoms with Crippen LogP contribution in [0.5, 0.6) is 5.75 Å². The first-order chi connectivity index (χ1) is 5.11. The predicted octanol–water partition coefficient (Wildman–Crippen LogP) is 1.35. The Hall–Kier alpha value is -1.36. The van der Waals surface area contributed by atoms with Crippen LogP contribution in [0.25, 0.3) is 0 Å². The molecule has 1 N–H and O–H groups in total. The quantitative estimate of drug-likeness (QED) is 0.396. The third-order valence-corrected chi connectivity index (χ3v) is 1.31. The van der Waals surface area contributed by atoms with E-state index in [0.29, 0.717) is 0 Å². The summed E-state index contributed by atoms with van der Waals surface area (Å²) < 4.78 is 0. The van der Waals surface area contributed by atoms with Crippen LogP contribution in [0.1, 0.15) is 0 Å². The van der Waals surface area contributed by atoms with E-state index in [-0.39, 0.29) is 16.6 Å². The lowest BCUT2D eigenvalue weighted by molar-refractivity contribution is -0.385. The number of nitrogens with zero attached hydrogens (tertiary/aromatic N) is 2. The van der Waals surface area contributed by atoms with Crippen LogP contribution in [-0.4, -0.2) is 15.0 Å². The zero-order chi connectivity index (χ0) is 8.43. The summed E-state index contributed by atoms with van der Waals surface area (Å²) in [6.07, 6.45) is 0.974. The van der Waals surface area contributed by atoms with Crippen molar-refractivity contribution in [3.63, 3.8) is 0 Å². The van der Waals surface area contributed by atoms with E-state index in [2.05, 4.69) is 4.98 Å². The third kappa shape index (κ3) is 1.56. The first-order valence-electron chi connectivity index (χ1n) is 2.60. The van der Waals surface area contributed by atoms with Crippen molar-refractivity contribution in [3.05, 3.63) is 27.5 Å². The Bertz CT molecular complexity index is 302. The Morgan fingerprint density at radius 2 is 2.36 bits per heavy atom. The molecular weight excluding hydrogens is 172 g/mol. The molecule has 0 fully saturated rings. The molecule has 0 spiro atoms. The average molecular weight is 175 g/mol. The molecule has 0 amide bonds. The molecule has 5 nitrogen and oxygen atoms in total. The molecule has 0 saturated heterocycles. The van der Waals surface area contributed by atoms with Gasteiger partial charge in [0.2, 0.25) is 0 Å². The Labute approximate surface area is 66.4 Å². The predicted molar refractivity (Wildman–Crippen MR) is 37.6 cm³/mol. The molecule has 58 valence electrons. The number of hydrogen-bond donors (Lipinski definition) is 1. The van der Waals surface area contributed by atoms with Crippen molar-refractivity contribution >= 4 is 17.3 Å². The molecule has 1 heterocycles. The van der Waals surface area contributed by atoms with Crippen LogP contribution >= 0.6 is 11.6 Å². The number of pyridine rings is 1. The Balaban J connectivity index is 3.15. The van der Waals surface area contributed by atoms with Gasteiger partial charge >= 0.3 is 0 Å². The van der Waals surface area contributed by atoms with Crippen LogP contribution < -0.4 is 0 Å². The first kappa shape index (κ1) is 7.74. The van der Waals surface area contributed by atoms with E-state index in [1.807, 2.05) is 0 Å². The molecule has 0 unspecified atom stereocenters. The zero-order valence-electron chi connectivity index (χ0n) is 5.19. The highest BCUT2D eigenvalue weighted by Crippen LogP contribution is 2.23. The fraction of sp³-hybridized carbons (Fsp3) is 0. The van der Waals surface area contributed by atoms with E-state index in [9.17, 15) is 10.1 Å². The van der Waals surface area contributed by atoms with Crippen LogP contribution in [0.15, 0.2) is 12.3 Å². The van der Waals surface area contributed by atoms with Crippen molar-refractivity contribution in [2.24, 2.45) is 0 Å². The van der Waals surface area contributed by atoms with Crippen molar-refractivity contribution in [2.75, 3.05) is 0 Å². The third-order valence-electron chi connectivity index (χ3n) is 1.02. The van der Waals surface area contributed by atoms with Crippen LogP contribution in [-0.2, 0) is 0 Å². The van der Waals surface area contributed by atoms with Gasteiger partial charge < -0.3 is 5.11 Å². The monoisotopic (exact) mass is 174 g/mol. The van der Waals surface area contributed by atoms with Crippen molar-refractivity contribution in [3.8, 4) is 5.75 Å². The van der Waals surface area contributed by atoms with Crippen LogP contribution in [0.3, 0.4) is 0 Å². The van der Waals surface area contributed by atoms with Crippen molar-refractivity contribution < 1.29 is 10.0 Å². The number of hydrogen-bond acceptors (Lipinski definition) is 4. The smallest absolute Gasteiger partial charge is 0.291 e. The minimum atomic E-state index is -0.664. The zero-order valence-corrected chi connectivity index (χ0v) is 5.95. The van der Waals surface area contributed by atoms with Gasteiger partial charge in [0.15, 0.2) is 10.9 Å². The van der Waals surface area contributed by atoms with Gasteiger partial charge in [-0.15, -0.1) is 0 Å². The van der Waals surface area contributed by atoms with E-state index in [1.54, 1.807) is 0 Å². The maximum Gasteiger partial charge on any atom is 0.291 e. The van der Waals surface area contributed by atoms with Gasteiger partial charge in [0.25, 0.3) is 5.69 Å². The second-order valence-electron chi connectivity index (χ2n) is 1.76. The van der Waals surface area contributed by atoms with E-state index in [0.717, 1.165) is 12.3 Å². The molecule has 6 heteroatoms. The lowest BCUT2D eigenvalue weighted by Crippen LogP contribution is -1.88. The molecule has 1 aromatic rings. The standard InChI is InChI=1S/C5H3ClN2O3/c6-5-4(9)1-3(2-7-5)8(10)11/h1-2,9H. The Morgan fingerprint density at radius 3 is 2.82 bits per heavy atom. The average Bonchev–Trinajstić information content (AvgIpc) is 1.94. The van der Waals surface area contributed by atoms with Crippen LogP contribution in [0.2, 0.25) is 5.15 Å². The van der Waals surface area contributed by atoms with Gasteiger partial charge in [-0.25, -0.2) is 4.98 Å². The number of nitro groups is 1. The second kappa shape index (κ2) is 2.71. The lowest BCUT2D eigenvalue weighted by Gasteiger charge is -1.93. The first-order valence-corrected chi connectivity index (χ1v) is 2.98. The van der Waals surface area contributed by atoms with E-state index >= 15 is 0 Å². The molecule has 0 aliphatic carbocycles. The summed E-state index contributed by atoms with van der Waals surface area (Å²) in [5.74, 6) is -0.388. The highest BCUT2D eigenvalue weighted by molar-refractivity contribution is 6.30. The van der Waals surface area contributed by atoms with Gasteiger partial charge in [0.05, 0.1) is 11.0 Å².